The van der Waals surface area contributed by atoms with Crippen LogP contribution in [0.5, 0.6) is 0 Å². The van der Waals surface area contributed by atoms with Crippen molar-refractivity contribution in [1.29, 1.82) is 0 Å². The molecule has 2 heterocycles. The zero-order chi connectivity index (χ0) is 40.3. The van der Waals surface area contributed by atoms with Crippen molar-refractivity contribution < 1.29 is 0 Å². The van der Waals surface area contributed by atoms with Crippen molar-refractivity contribution >= 4 is 0 Å². The van der Waals surface area contributed by atoms with E-state index in [0.717, 1.165) is 39.1 Å². The van der Waals surface area contributed by atoms with Crippen LogP contribution < -0.4 is 0 Å². The maximum absolute atomic E-state index is 5.01. The van der Waals surface area contributed by atoms with Gasteiger partial charge in [0.05, 0.1) is 11.1 Å². The lowest BCUT2D eigenvalue weighted by atomic mass is 9.70. The molecule has 0 saturated heterocycles. The molecule has 0 N–H and O–H groups in total. The monoisotopic (exact) mass is 776 g/mol. The molecule has 2 aromatic heterocycles. The third-order valence-electron chi connectivity index (χ3n) is 12.5. The minimum absolute atomic E-state index is 0.358. The number of fused-ring (bicyclic) bond motifs is 10. The highest BCUT2D eigenvalue weighted by molar-refractivity contribution is 6.00. The third-order valence-corrected chi connectivity index (χ3v) is 12.5. The van der Waals surface area contributed by atoms with Crippen molar-refractivity contribution in [3.8, 4) is 89.9 Å². The number of benzene rings is 8. The summed E-state index contributed by atoms with van der Waals surface area (Å²) < 4.78 is 0. The van der Waals surface area contributed by atoms with Gasteiger partial charge < -0.3 is 0 Å². The van der Waals surface area contributed by atoms with E-state index >= 15 is 0 Å². The second-order valence-corrected chi connectivity index (χ2v) is 15.7. The quantitative estimate of drug-likeness (QED) is 0.169. The highest BCUT2D eigenvalue weighted by Crippen LogP contribution is 2.63. The maximum atomic E-state index is 5.01. The molecule has 1 spiro atoms. The second kappa shape index (κ2) is 14.0. The highest BCUT2D eigenvalue weighted by Gasteiger charge is 2.51. The van der Waals surface area contributed by atoms with E-state index in [0.29, 0.717) is 17.5 Å². The van der Waals surface area contributed by atoms with Gasteiger partial charge in [-0.15, -0.1) is 0 Å². The first-order valence-corrected chi connectivity index (χ1v) is 20.7. The molecule has 4 nitrogen and oxygen atoms in total. The summed E-state index contributed by atoms with van der Waals surface area (Å²) in [6.07, 6.45) is 1.81. The van der Waals surface area contributed by atoms with Crippen LogP contribution in [0.2, 0.25) is 0 Å². The van der Waals surface area contributed by atoms with Crippen molar-refractivity contribution in [3.05, 3.63) is 241 Å². The lowest BCUT2D eigenvalue weighted by molar-refractivity contribution is 0.794. The fraction of sp³-hybridized carbons (Fsp3) is 0.0175. The van der Waals surface area contributed by atoms with Gasteiger partial charge in [-0.05, 0) is 78.9 Å². The first-order valence-electron chi connectivity index (χ1n) is 20.7. The Morgan fingerprint density at radius 3 is 1.23 bits per heavy atom. The summed E-state index contributed by atoms with van der Waals surface area (Å²) in [5, 5.41) is 0. The Morgan fingerprint density at radius 2 is 0.672 bits per heavy atom. The average Bonchev–Trinajstić information content (AvgIpc) is 3.82. The molecule has 0 atom stereocenters. The molecule has 4 heteroatoms. The Balaban J connectivity index is 0.891. The molecular weight excluding hydrogens is 741 g/mol. The molecule has 0 aliphatic heterocycles. The Bertz CT molecular complexity index is 3220. The predicted molar refractivity (Wildman–Crippen MR) is 247 cm³/mol. The van der Waals surface area contributed by atoms with Crippen LogP contribution in [0.1, 0.15) is 22.3 Å². The molecule has 10 aromatic rings. The predicted octanol–water partition coefficient (Wildman–Crippen LogP) is 13.6. The maximum Gasteiger partial charge on any atom is 0.164 e. The zero-order valence-electron chi connectivity index (χ0n) is 33.1. The molecule has 0 saturated carbocycles. The van der Waals surface area contributed by atoms with E-state index in [1.54, 1.807) is 0 Å². The lowest BCUT2D eigenvalue weighted by Gasteiger charge is -2.30. The van der Waals surface area contributed by atoms with Crippen LogP contribution in [0.25, 0.3) is 89.9 Å². The summed E-state index contributed by atoms with van der Waals surface area (Å²) in [6.45, 7) is 0. The van der Waals surface area contributed by atoms with E-state index in [1.807, 2.05) is 54.7 Å². The van der Waals surface area contributed by atoms with E-state index in [9.17, 15) is 0 Å². The minimum Gasteiger partial charge on any atom is -0.256 e. The molecule has 0 bridgehead atoms. The number of nitrogens with zero attached hydrogens (tertiary/aromatic N) is 4. The van der Waals surface area contributed by atoms with Gasteiger partial charge in [0.15, 0.2) is 17.5 Å². The first kappa shape index (κ1) is 34.9. The van der Waals surface area contributed by atoms with Gasteiger partial charge in [-0.25, -0.2) is 15.0 Å². The molecule has 8 aromatic carbocycles. The Hall–Kier alpha value is -8.08. The average molecular weight is 777 g/mol. The number of hydrogen-bond acceptors (Lipinski definition) is 4. The van der Waals surface area contributed by atoms with Crippen LogP contribution in [0.15, 0.2) is 219 Å². The van der Waals surface area contributed by atoms with Crippen LogP contribution in [0, 0.1) is 0 Å². The van der Waals surface area contributed by atoms with Crippen molar-refractivity contribution in [2.45, 2.75) is 5.41 Å². The van der Waals surface area contributed by atoms with E-state index in [1.165, 1.54) is 55.6 Å². The van der Waals surface area contributed by atoms with Gasteiger partial charge in [-0.2, -0.15) is 0 Å². The molecule has 0 radical (unpaired) electrons. The summed E-state index contributed by atoms with van der Waals surface area (Å²) >= 11 is 0. The smallest absolute Gasteiger partial charge is 0.164 e. The molecule has 284 valence electrons. The van der Waals surface area contributed by atoms with Crippen molar-refractivity contribution in [1.82, 2.24) is 19.9 Å². The summed E-state index contributed by atoms with van der Waals surface area (Å²) in [7, 11) is 0. The van der Waals surface area contributed by atoms with E-state index in [4.69, 9.17) is 15.0 Å². The van der Waals surface area contributed by atoms with Crippen LogP contribution in [0.3, 0.4) is 0 Å². The third kappa shape index (κ3) is 5.53. The molecule has 0 unspecified atom stereocenters. The normalized spacial score (nSPS) is 12.7. The second-order valence-electron chi connectivity index (χ2n) is 15.7. The largest absolute Gasteiger partial charge is 0.256 e. The summed E-state index contributed by atoms with van der Waals surface area (Å²) in [6, 6.07) is 75.7. The number of aromatic nitrogens is 4. The Morgan fingerprint density at radius 1 is 0.262 bits per heavy atom. The van der Waals surface area contributed by atoms with Gasteiger partial charge in [0, 0.05) is 28.5 Å². The molecular formula is C57H36N4. The summed E-state index contributed by atoms with van der Waals surface area (Å²) in [5.74, 6) is 1.89. The number of hydrogen-bond donors (Lipinski definition) is 0. The summed E-state index contributed by atoms with van der Waals surface area (Å²) in [4.78, 5) is 19.4. The fourth-order valence-corrected chi connectivity index (χ4v) is 9.71. The highest BCUT2D eigenvalue weighted by atomic mass is 15.0. The Labute approximate surface area is 354 Å². The van der Waals surface area contributed by atoms with Crippen LogP contribution in [0.4, 0.5) is 0 Å². The molecule has 2 aliphatic carbocycles. The standard InChI is InChI=1S/C57H36N4/c1-2-13-41(14-3-1)54-59-55(61-56(60-54)43-34-30-40(31-35-43)52-23-10-11-36-58-52)42-32-26-38(27-33-42)37-24-28-39(29-25-37)44-18-12-22-51-53(44)47-17-6-9-21-50(47)57(51)48-19-7-4-15-45(48)46-16-5-8-20-49(46)57/h1-36H. The minimum atomic E-state index is -0.358. The SMILES string of the molecule is c1ccc(-c2nc(-c3ccc(-c4ccc(-c5cccc6c5-c5ccccc5C65c6ccccc6-c6ccccc65)cc4)cc3)nc(-c3ccc(-c4ccccn4)cc3)n2)cc1. The van der Waals surface area contributed by atoms with Gasteiger partial charge in [-0.3, -0.25) is 4.98 Å². The van der Waals surface area contributed by atoms with E-state index < -0.39 is 0 Å². The van der Waals surface area contributed by atoms with Crippen LogP contribution in [-0.4, -0.2) is 19.9 Å². The van der Waals surface area contributed by atoms with Gasteiger partial charge in [0.2, 0.25) is 0 Å². The molecule has 2 aliphatic rings. The summed E-state index contributed by atoms with van der Waals surface area (Å²) in [5.41, 5.74) is 19.8. The van der Waals surface area contributed by atoms with Crippen molar-refractivity contribution in [3.63, 3.8) is 0 Å². The van der Waals surface area contributed by atoms with Gasteiger partial charge >= 0.3 is 0 Å². The van der Waals surface area contributed by atoms with E-state index in [2.05, 4.69) is 169 Å². The van der Waals surface area contributed by atoms with Crippen LogP contribution >= 0.6 is 0 Å². The Kier molecular flexibility index (Phi) is 8.04. The molecule has 61 heavy (non-hydrogen) atoms. The molecule has 0 amide bonds. The molecule has 12 rings (SSSR count). The fourth-order valence-electron chi connectivity index (χ4n) is 9.71. The lowest BCUT2D eigenvalue weighted by Crippen LogP contribution is -2.25. The van der Waals surface area contributed by atoms with E-state index in [-0.39, 0.29) is 5.41 Å². The topological polar surface area (TPSA) is 51.6 Å². The number of rotatable bonds is 6. The first-order chi connectivity index (χ1) is 30.2. The molecule has 0 fully saturated rings. The van der Waals surface area contributed by atoms with Crippen LogP contribution in [-0.2, 0) is 5.41 Å². The number of pyridine rings is 1. The zero-order valence-corrected chi connectivity index (χ0v) is 33.1. The van der Waals surface area contributed by atoms with Crippen molar-refractivity contribution in [2.75, 3.05) is 0 Å². The van der Waals surface area contributed by atoms with Gasteiger partial charge in [0.1, 0.15) is 0 Å². The van der Waals surface area contributed by atoms with Crippen molar-refractivity contribution in [2.24, 2.45) is 0 Å². The van der Waals surface area contributed by atoms with Gasteiger partial charge in [0.25, 0.3) is 0 Å². The van der Waals surface area contributed by atoms with Gasteiger partial charge in [-0.1, -0.05) is 200 Å².